The molecule has 0 radical (unpaired) electrons. The predicted octanol–water partition coefficient (Wildman–Crippen LogP) is 2.34. The number of benzene rings is 1. The van der Waals surface area contributed by atoms with Gasteiger partial charge in [-0.15, -0.1) is 0 Å². The number of amides is 2. The third-order valence-corrected chi connectivity index (χ3v) is 5.08. The number of carbonyl (C=O) groups is 2. The van der Waals surface area contributed by atoms with Crippen molar-refractivity contribution in [2.24, 2.45) is 0 Å². The molecule has 1 aromatic heterocycles. The van der Waals surface area contributed by atoms with E-state index in [1.807, 2.05) is 0 Å². The predicted molar refractivity (Wildman–Crippen MR) is 91.3 cm³/mol. The van der Waals surface area contributed by atoms with Crippen LogP contribution in [0.15, 0.2) is 28.8 Å². The summed E-state index contributed by atoms with van der Waals surface area (Å²) in [4.78, 5) is 26.8. The topological polar surface area (TPSA) is 75.4 Å². The highest BCUT2D eigenvalue weighted by Crippen LogP contribution is 2.26. The van der Waals surface area contributed by atoms with Gasteiger partial charge in [0.1, 0.15) is 11.6 Å². The lowest BCUT2D eigenvalue weighted by Gasteiger charge is -2.23. The van der Waals surface area contributed by atoms with Gasteiger partial charge >= 0.3 is 0 Å². The Morgan fingerprint density at radius 1 is 1.19 bits per heavy atom. The van der Waals surface area contributed by atoms with Crippen LogP contribution in [0.25, 0.3) is 0 Å². The fraction of sp³-hybridized carbons (Fsp3) is 0.421. The van der Waals surface area contributed by atoms with Crippen LogP contribution in [0, 0.1) is 5.82 Å². The van der Waals surface area contributed by atoms with Crippen LogP contribution in [0.5, 0.6) is 0 Å². The number of hydrogen-bond donors (Lipinski definition) is 1. The molecule has 1 N–H and O–H groups in total. The first kappa shape index (κ1) is 16.8. The molecule has 2 amide bonds. The lowest BCUT2D eigenvalue weighted by atomic mass is 9.91. The summed E-state index contributed by atoms with van der Waals surface area (Å²) < 4.78 is 18.4. The number of carbonyl (C=O) groups excluding carboxylic acids is 2. The van der Waals surface area contributed by atoms with Gasteiger partial charge in [0.05, 0.1) is 0 Å². The third kappa shape index (κ3) is 3.21. The number of rotatable bonds is 3. The lowest BCUT2D eigenvalue weighted by Crippen LogP contribution is -2.39. The molecular formula is C19H20FN3O3. The lowest BCUT2D eigenvalue weighted by molar-refractivity contribution is 0.0781. The minimum atomic E-state index is -0.376. The monoisotopic (exact) mass is 357 g/mol. The van der Waals surface area contributed by atoms with Crippen LogP contribution in [0.2, 0.25) is 0 Å². The van der Waals surface area contributed by atoms with Gasteiger partial charge in [-0.05, 0) is 49.9 Å². The Labute approximate surface area is 150 Å². The van der Waals surface area contributed by atoms with Crippen LogP contribution >= 0.6 is 0 Å². The number of hydrogen-bond acceptors (Lipinski definition) is 4. The van der Waals surface area contributed by atoms with Gasteiger partial charge in [-0.3, -0.25) is 9.59 Å². The van der Waals surface area contributed by atoms with E-state index in [-0.39, 0.29) is 23.7 Å². The summed E-state index contributed by atoms with van der Waals surface area (Å²) in [6, 6.07) is 5.34. The van der Waals surface area contributed by atoms with Crippen molar-refractivity contribution in [3.05, 3.63) is 52.7 Å². The second kappa shape index (κ2) is 6.90. The summed E-state index contributed by atoms with van der Waals surface area (Å²) in [5, 5.41) is 6.97. The second-order valence-corrected chi connectivity index (χ2v) is 6.85. The average Bonchev–Trinajstić information content (AvgIpc) is 3.31. The van der Waals surface area contributed by atoms with E-state index in [2.05, 4.69) is 10.5 Å². The fourth-order valence-electron chi connectivity index (χ4n) is 3.64. The van der Waals surface area contributed by atoms with Gasteiger partial charge in [0.15, 0.2) is 5.69 Å². The van der Waals surface area contributed by atoms with Crippen LogP contribution in [0.1, 0.15) is 51.4 Å². The Balaban J connectivity index is 1.47. The molecule has 1 saturated heterocycles. The van der Waals surface area contributed by atoms with Crippen LogP contribution in [0.4, 0.5) is 4.39 Å². The molecular weight excluding hydrogens is 337 g/mol. The maximum absolute atomic E-state index is 13.0. The third-order valence-electron chi connectivity index (χ3n) is 5.08. The first-order chi connectivity index (χ1) is 12.6. The zero-order valence-electron chi connectivity index (χ0n) is 14.3. The Morgan fingerprint density at radius 2 is 1.92 bits per heavy atom. The quantitative estimate of drug-likeness (QED) is 0.915. The minimum absolute atomic E-state index is 0.0852. The number of halogens is 1. The van der Waals surface area contributed by atoms with Crippen molar-refractivity contribution in [3.8, 4) is 0 Å². The molecule has 2 heterocycles. The summed E-state index contributed by atoms with van der Waals surface area (Å²) in [6.07, 6.45) is 3.89. The standard InChI is InChI=1S/C19H20FN3O3/c20-13-5-3-12(4-6-13)18(24)21-14-7-8-16-15(11-14)17(22-26-16)19(25)23-9-1-2-10-23/h3-6,14H,1-2,7-11H2,(H,21,24). The highest BCUT2D eigenvalue weighted by molar-refractivity contribution is 5.95. The van der Waals surface area contributed by atoms with E-state index in [0.717, 1.165) is 37.3 Å². The van der Waals surface area contributed by atoms with Gasteiger partial charge in [0, 0.05) is 36.7 Å². The van der Waals surface area contributed by atoms with Crippen LogP contribution in [-0.4, -0.2) is 41.0 Å². The molecule has 2 aliphatic rings. The summed E-state index contributed by atoms with van der Waals surface area (Å²) >= 11 is 0. The molecule has 1 aromatic carbocycles. The van der Waals surface area contributed by atoms with Gasteiger partial charge in [-0.25, -0.2) is 4.39 Å². The van der Waals surface area contributed by atoms with E-state index in [0.29, 0.717) is 30.5 Å². The van der Waals surface area contributed by atoms with Gasteiger partial charge in [0.25, 0.3) is 11.8 Å². The maximum Gasteiger partial charge on any atom is 0.276 e. The zero-order chi connectivity index (χ0) is 18.1. The van der Waals surface area contributed by atoms with E-state index in [1.54, 1.807) is 4.90 Å². The van der Waals surface area contributed by atoms with E-state index in [4.69, 9.17) is 4.52 Å². The van der Waals surface area contributed by atoms with Crippen molar-refractivity contribution in [1.29, 1.82) is 0 Å². The Kier molecular flexibility index (Phi) is 4.44. The number of nitrogens with zero attached hydrogens (tertiary/aromatic N) is 2. The molecule has 0 spiro atoms. The molecule has 136 valence electrons. The van der Waals surface area contributed by atoms with Crippen LogP contribution < -0.4 is 5.32 Å². The van der Waals surface area contributed by atoms with Crippen LogP contribution in [0.3, 0.4) is 0 Å². The van der Waals surface area contributed by atoms with Crippen molar-refractivity contribution < 1.29 is 18.5 Å². The van der Waals surface area contributed by atoms with E-state index in [1.165, 1.54) is 24.3 Å². The minimum Gasteiger partial charge on any atom is -0.360 e. The number of aryl methyl sites for hydroxylation is 1. The normalized spacial score (nSPS) is 19.3. The first-order valence-corrected chi connectivity index (χ1v) is 8.95. The van der Waals surface area contributed by atoms with Gasteiger partial charge in [0.2, 0.25) is 0 Å². The Bertz CT molecular complexity index is 825. The van der Waals surface area contributed by atoms with Gasteiger partial charge in [-0.1, -0.05) is 5.16 Å². The number of aromatic nitrogens is 1. The molecule has 0 bridgehead atoms. The van der Waals surface area contributed by atoms with Crippen molar-refractivity contribution in [2.45, 2.75) is 38.1 Å². The summed E-state index contributed by atoms with van der Waals surface area (Å²) in [6.45, 7) is 1.51. The fourth-order valence-corrected chi connectivity index (χ4v) is 3.64. The van der Waals surface area contributed by atoms with E-state index >= 15 is 0 Å². The molecule has 2 aromatic rings. The molecule has 1 unspecified atom stereocenters. The zero-order valence-corrected chi connectivity index (χ0v) is 14.3. The number of nitrogens with one attached hydrogen (secondary N) is 1. The molecule has 1 aliphatic carbocycles. The molecule has 26 heavy (non-hydrogen) atoms. The molecule has 6 nitrogen and oxygen atoms in total. The average molecular weight is 357 g/mol. The van der Waals surface area contributed by atoms with E-state index < -0.39 is 0 Å². The highest BCUT2D eigenvalue weighted by Gasteiger charge is 2.32. The molecule has 1 atom stereocenters. The molecule has 1 fully saturated rings. The smallest absolute Gasteiger partial charge is 0.276 e. The molecule has 7 heteroatoms. The van der Waals surface area contributed by atoms with Crippen LogP contribution in [-0.2, 0) is 12.8 Å². The summed E-state index contributed by atoms with van der Waals surface area (Å²) in [5.74, 6) is 0.0264. The largest absolute Gasteiger partial charge is 0.360 e. The van der Waals surface area contributed by atoms with Gasteiger partial charge in [-0.2, -0.15) is 0 Å². The Hall–Kier alpha value is -2.70. The molecule has 1 aliphatic heterocycles. The highest BCUT2D eigenvalue weighted by atomic mass is 19.1. The number of likely N-dealkylation sites (tertiary alicyclic amines) is 1. The van der Waals surface area contributed by atoms with Gasteiger partial charge < -0.3 is 14.7 Å². The van der Waals surface area contributed by atoms with E-state index in [9.17, 15) is 14.0 Å². The SMILES string of the molecule is O=C(NC1CCc2onc(C(=O)N3CCCC3)c2C1)c1ccc(F)cc1. The van der Waals surface area contributed by atoms with Crippen molar-refractivity contribution >= 4 is 11.8 Å². The molecule has 4 rings (SSSR count). The molecule has 0 saturated carbocycles. The maximum atomic E-state index is 13.0. The number of fused-ring (bicyclic) bond motifs is 1. The summed E-state index contributed by atoms with van der Waals surface area (Å²) in [5.41, 5.74) is 1.59. The van der Waals surface area contributed by atoms with Crippen molar-refractivity contribution in [3.63, 3.8) is 0 Å². The van der Waals surface area contributed by atoms with Crippen molar-refractivity contribution in [2.75, 3.05) is 13.1 Å². The second-order valence-electron chi connectivity index (χ2n) is 6.85. The van der Waals surface area contributed by atoms with Crippen molar-refractivity contribution in [1.82, 2.24) is 15.4 Å². The Morgan fingerprint density at radius 3 is 2.65 bits per heavy atom. The first-order valence-electron chi connectivity index (χ1n) is 8.95. The summed E-state index contributed by atoms with van der Waals surface area (Å²) in [7, 11) is 0.